The second-order valence-corrected chi connectivity index (χ2v) is 6.90. The molecule has 2 aromatic carbocycles. The van der Waals surface area contributed by atoms with Gasteiger partial charge in [0.05, 0.1) is 17.5 Å². The van der Waals surface area contributed by atoms with Crippen LogP contribution in [0.15, 0.2) is 46.9 Å². The molecule has 0 saturated carbocycles. The average molecular weight is 390 g/mol. The van der Waals surface area contributed by atoms with Crippen molar-refractivity contribution >= 4 is 23.7 Å². The Hall–Kier alpha value is -3.81. The maximum atomic E-state index is 12.3. The fourth-order valence-electron chi connectivity index (χ4n) is 3.27. The minimum atomic E-state index is -0.596. The highest BCUT2D eigenvalue weighted by atomic mass is 16.4. The van der Waals surface area contributed by atoms with Gasteiger partial charge in [0.25, 0.3) is 11.8 Å². The molecule has 29 heavy (non-hydrogen) atoms. The Morgan fingerprint density at radius 2 is 1.72 bits per heavy atom. The maximum Gasteiger partial charge on any atom is 0.322 e. The summed E-state index contributed by atoms with van der Waals surface area (Å²) in [6.07, 6.45) is 0.438. The van der Waals surface area contributed by atoms with Crippen LogP contribution in [-0.2, 0) is 11.2 Å². The normalized spacial score (nSPS) is 13.0. The number of anilines is 1. The lowest BCUT2D eigenvalue weighted by Gasteiger charge is -2.12. The van der Waals surface area contributed by atoms with Gasteiger partial charge >= 0.3 is 6.01 Å². The van der Waals surface area contributed by atoms with Gasteiger partial charge in [-0.15, -0.1) is 5.10 Å². The molecule has 4 rings (SSSR count). The Morgan fingerprint density at radius 3 is 2.38 bits per heavy atom. The quantitative estimate of drug-likeness (QED) is 0.671. The van der Waals surface area contributed by atoms with Gasteiger partial charge in [-0.05, 0) is 37.1 Å². The summed E-state index contributed by atoms with van der Waals surface area (Å²) in [6, 6.07) is 12.4. The standard InChI is InChI=1S/C21H18N4O4/c1-12-7-8-14(13(2)9-12)10-18-23-24-21(29-18)22-17(26)11-25-19(27)15-5-3-4-6-16(15)20(25)28/h3-9H,10-11H2,1-2H3,(H,22,24,26). The molecule has 0 radical (unpaired) electrons. The number of rotatable bonds is 5. The number of amides is 3. The molecule has 1 aromatic heterocycles. The zero-order valence-corrected chi connectivity index (χ0v) is 15.9. The summed E-state index contributed by atoms with van der Waals surface area (Å²) < 4.78 is 5.48. The van der Waals surface area contributed by atoms with Crippen LogP contribution in [0.5, 0.6) is 0 Å². The van der Waals surface area contributed by atoms with Gasteiger partial charge in [0.1, 0.15) is 6.54 Å². The number of aromatic nitrogens is 2. The number of aryl methyl sites for hydroxylation is 2. The second kappa shape index (κ2) is 7.31. The summed E-state index contributed by atoms with van der Waals surface area (Å²) in [5.41, 5.74) is 3.90. The SMILES string of the molecule is Cc1ccc(Cc2nnc(NC(=O)CN3C(=O)c4ccccc4C3=O)o2)c(C)c1. The fourth-order valence-corrected chi connectivity index (χ4v) is 3.27. The molecule has 0 unspecified atom stereocenters. The molecule has 0 saturated heterocycles. The summed E-state index contributed by atoms with van der Waals surface area (Å²) in [5.74, 6) is -1.24. The summed E-state index contributed by atoms with van der Waals surface area (Å²) in [4.78, 5) is 37.8. The van der Waals surface area contributed by atoms with Crippen molar-refractivity contribution in [1.29, 1.82) is 0 Å². The van der Waals surface area contributed by atoms with E-state index in [-0.39, 0.29) is 6.01 Å². The number of imide groups is 1. The average Bonchev–Trinajstić information content (AvgIpc) is 3.22. The largest absolute Gasteiger partial charge is 0.407 e. The number of hydrogen-bond donors (Lipinski definition) is 1. The van der Waals surface area contributed by atoms with Crippen molar-refractivity contribution in [2.45, 2.75) is 20.3 Å². The Morgan fingerprint density at radius 1 is 1.03 bits per heavy atom. The predicted molar refractivity (Wildman–Crippen MR) is 103 cm³/mol. The van der Waals surface area contributed by atoms with Gasteiger partial charge in [0.15, 0.2) is 0 Å². The minimum absolute atomic E-state index is 0.0774. The molecule has 0 spiro atoms. The number of fused-ring (bicyclic) bond motifs is 1. The van der Waals surface area contributed by atoms with E-state index in [1.807, 2.05) is 26.0 Å². The lowest BCUT2D eigenvalue weighted by molar-refractivity contribution is -0.116. The van der Waals surface area contributed by atoms with Gasteiger partial charge in [-0.2, -0.15) is 0 Å². The first-order valence-electron chi connectivity index (χ1n) is 9.06. The summed E-state index contributed by atoms with van der Waals surface area (Å²) in [7, 11) is 0. The molecule has 0 aliphatic carbocycles. The van der Waals surface area contributed by atoms with E-state index in [1.165, 1.54) is 0 Å². The molecule has 0 fully saturated rings. The molecule has 2 heterocycles. The van der Waals surface area contributed by atoms with Crippen LogP contribution in [-0.4, -0.2) is 39.4 Å². The van der Waals surface area contributed by atoms with Gasteiger partial charge in [-0.1, -0.05) is 41.0 Å². The molecule has 3 aromatic rings. The molecule has 0 bridgehead atoms. The Bertz CT molecular complexity index is 1100. The highest BCUT2D eigenvalue weighted by Crippen LogP contribution is 2.22. The predicted octanol–water partition coefficient (Wildman–Crippen LogP) is 2.51. The lowest BCUT2D eigenvalue weighted by atomic mass is 10.0. The number of nitrogens with one attached hydrogen (secondary N) is 1. The van der Waals surface area contributed by atoms with Crippen molar-refractivity contribution in [1.82, 2.24) is 15.1 Å². The van der Waals surface area contributed by atoms with E-state index >= 15 is 0 Å². The number of benzene rings is 2. The topological polar surface area (TPSA) is 105 Å². The second-order valence-electron chi connectivity index (χ2n) is 6.90. The molecule has 1 aliphatic heterocycles. The third kappa shape index (κ3) is 3.64. The van der Waals surface area contributed by atoms with E-state index in [0.29, 0.717) is 23.4 Å². The van der Waals surface area contributed by atoms with E-state index < -0.39 is 24.3 Å². The molecule has 8 nitrogen and oxygen atoms in total. The van der Waals surface area contributed by atoms with Gasteiger partial charge < -0.3 is 4.42 Å². The van der Waals surface area contributed by atoms with Gasteiger partial charge in [0, 0.05) is 0 Å². The van der Waals surface area contributed by atoms with Crippen molar-refractivity contribution in [3.8, 4) is 0 Å². The van der Waals surface area contributed by atoms with E-state index in [4.69, 9.17) is 4.42 Å². The summed E-state index contributed by atoms with van der Waals surface area (Å²) >= 11 is 0. The number of nitrogens with zero attached hydrogens (tertiary/aromatic N) is 3. The monoisotopic (exact) mass is 390 g/mol. The van der Waals surface area contributed by atoms with Crippen LogP contribution in [0.4, 0.5) is 6.01 Å². The first-order valence-corrected chi connectivity index (χ1v) is 9.06. The van der Waals surface area contributed by atoms with Crippen LogP contribution < -0.4 is 5.32 Å². The number of hydrogen-bond acceptors (Lipinski definition) is 6. The van der Waals surface area contributed by atoms with Gasteiger partial charge in [-0.3, -0.25) is 24.6 Å². The highest BCUT2D eigenvalue weighted by Gasteiger charge is 2.36. The van der Waals surface area contributed by atoms with Crippen LogP contribution >= 0.6 is 0 Å². The smallest absolute Gasteiger partial charge is 0.322 e. The molecule has 3 amide bonds. The first kappa shape index (κ1) is 18.5. The lowest BCUT2D eigenvalue weighted by Crippen LogP contribution is -2.37. The van der Waals surface area contributed by atoms with Crippen LogP contribution in [0.2, 0.25) is 0 Å². The van der Waals surface area contributed by atoms with Crippen molar-refractivity contribution in [3.63, 3.8) is 0 Å². The van der Waals surface area contributed by atoms with Gasteiger partial charge in [0.2, 0.25) is 11.8 Å². The third-order valence-corrected chi connectivity index (χ3v) is 4.73. The van der Waals surface area contributed by atoms with E-state index in [1.54, 1.807) is 24.3 Å². The van der Waals surface area contributed by atoms with Crippen LogP contribution in [0, 0.1) is 13.8 Å². The molecular weight excluding hydrogens is 372 g/mol. The number of carbonyl (C=O) groups excluding carboxylic acids is 3. The summed E-state index contributed by atoms with van der Waals surface area (Å²) in [6.45, 7) is 3.59. The van der Waals surface area contributed by atoms with Crippen molar-refractivity contribution < 1.29 is 18.8 Å². The Labute approximate surface area is 166 Å². The van der Waals surface area contributed by atoms with Gasteiger partial charge in [-0.25, -0.2) is 0 Å². The van der Waals surface area contributed by atoms with Crippen LogP contribution in [0.25, 0.3) is 0 Å². The highest BCUT2D eigenvalue weighted by molar-refractivity contribution is 6.22. The fraction of sp³-hybridized carbons (Fsp3) is 0.190. The maximum absolute atomic E-state index is 12.3. The van der Waals surface area contributed by atoms with E-state index in [9.17, 15) is 14.4 Å². The molecular formula is C21H18N4O4. The van der Waals surface area contributed by atoms with Crippen LogP contribution in [0.3, 0.4) is 0 Å². The number of carbonyl (C=O) groups is 3. The zero-order valence-electron chi connectivity index (χ0n) is 15.9. The van der Waals surface area contributed by atoms with Crippen molar-refractivity contribution in [3.05, 3.63) is 76.2 Å². The van der Waals surface area contributed by atoms with Crippen molar-refractivity contribution in [2.24, 2.45) is 0 Å². The minimum Gasteiger partial charge on any atom is -0.407 e. The summed E-state index contributed by atoms with van der Waals surface area (Å²) in [5, 5.41) is 10.2. The van der Waals surface area contributed by atoms with Crippen LogP contribution in [0.1, 0.15) is 43.3 Å². The molecule has 8 heteroatoms. The third-order valence-electron chi connectivity index (χ3n) is 4.73. The molecule has 0 atom stereocenters. The van der Waals surface area contributed by atoms with Crippen molar-refractivity contribution in [2.75, 3.05) is 11.9 Å². The molecule has 1 aliphatic rings. The Kier molecular flexibility index (Phi) is 4.67. The van der Waals surface area contributed by atoms with E-state index in [2.05, 4.69) is 21.6 Å². The molecule has 1 N–H and O–H groups in total. The zero-order chi connectivity index (χ0) is 20.5. The first-order chi connectivity index (χ1) is 13.9. The van der Waals surface area contributed by atoms with E-state index in [0.717, 1.165) is 21.6 Å². The Balaban J connectivity index is 1.40. The molecule has 146 valence electrons.